The Balaban J connectivity index is 2.14. The molecule has 0 fully saturated rings. The van der Waals surface area contributed by atoms with E-state index < -0.39 is 0 Å². The number of fused-ring (bicyclic) bond motifs is 1. The number of carbonyl (C=O) groups is 1. The van der Waals surface area contributed by atoms with Crippen molar-refractivity contribution in [3.05, 3.63) is 23.8 Å². The minimum absolute atomic E-state index is 0.0159. The Morgan fingerprint density at radius 1 is 1.47 bits per heavy atom. The zero-order chi connectivity index (χ0) is 12.3. The number of amides is 1. The Bertz CT molecular complexity index is 420. The molecule has 2 rings (SSSR count). The molecule has 0 unspecified atom stereocenters. The van der Waals surface area contributed by atoms with Gasteiger partial charge in [0.15, 0.2) is 6.61 Å². The van der Waals surface area contributed by atoms with E-state index in [1.165, 1.54) is 0 Å². The summed E-state index contributed by atoms with van der Waals surface area (Å²) >= 11 is 0. The molecule has 1 aliphatic rings. The van der Waals surface area contributed by atoms with Crippen LogP contribution in [0.1, 0.15) is 5.56 Å². The zero-order valence-electron chi connectivity index (χ0n) is 10.1. The first-order valence-electron chi connectivity index (χ1n) is 5.60. The summed E-state index contributed by atoms with van der Waals surface area (Å²) in [6.45, 7) is 1.64. The first-order valence-corrected chi connectivity index (χ1v) is 5.60. The zero-order valence-corrected chi connectivity index (χ0v) is 10.1. The highest BCUT2D eigenvalue weighted by atomic mass is 16.5. The maximum atomic E-state index is 11.5. The van der Waals surface area contributed by atoms with Gasteiger partial charge >= 0.3 is 0 Å². The lowest BCUT2D eigenvalue weighted by Crippen LogP contribution is -2.35. The van der Waals surface area contributed by atoms with Crippen molar-refractivity contribution in [2.45, 2.75) is 6.54 Å². The SMILES string of the molecule is CNCNCc1ccc2c(c1)N(C)C(=O)CO2. The molecule has 0 radical (unpaired) electrons. The normalized spacial score (nSPS) is 14.5. The van der Waals surface area contributed by atoms with Crippen LogP contribution in [0.3, 0.4) is 0 Å². The predicted octanol–water partition coefficient (Wildman–Crippen LogP) is 0.308. The van der Waals surface area contributed by atoms with E-state index in [2.05, 4.69) is 10.6 Å². The van der Waals surface area contributed by atoms with E-state index in [1.807, 2.05) is 25.2 Å². The van der Waals surface area contributed by atoms with E-state index in [0.717, 1.165) is 30.2 Å². The molecule has 1 aromatic rings. The summed E-state index contributed by atoms with van der Waals surface area (Å²) in [4.78, 5) is 13.1. The molecule has 0 bridgehead atoms. The quantitative estimate of drug-likeness (QED) is 0.582. The first kappa shape index (κ1) is 11.9. The lowest BCUT2D eigenvalue weighted by atomic mass is 10.1. The standard InChI is InChI=1S/C12H17N3O2/c1-13-8-14-6-9-3-4-11-10(5-9)15(2)12(16)7-17-11/h3-5,13-14H,6-8H2,1-2H3. The van der Waals surface area contributed by atoms with Gasteiger partial charge in [-0.25, -0.2) is 0 Å². The van der Waals surface area contributed by atoms with E-state index >= 15 is 0 Å². The van der Waals surface area contributed by atoms with Crippen LogP contribution in [0.25, 0.3) is 0 Å². The molecule has 1 amide bonds. The Morgan fingerprint density at radius 3 is 3.06 bits per heavy atom. The van der Waals surface area contributed by atoms with Crippen molar-refractivity contribution in [2.75, 3.05) is 32.3 Å². The third kappa shape index (κ3) is 2.57. The maximum absolute atomic E-state index is 11.5. The lowest BCUT2D eigenvalue weighted by molar-refractivity contribution is -0.120. The van der Waals surface area contributed by atoms with Crippen LogP contribution < -0.4 is 20.3 Å². The number of ether oxygens (including phenoxy) is 1. The third-order valence-corrected chi connectivity index (χ3v) is 2.74. The van der Waals surface area contributed by atoms with Crippen LogP contribution in [0.15, 0.2) is 18.2 Å². The van der Waals surface area contributed by atoms with E-state index in [9.17, 15) is 4.79 Å². The minimum Gasteiger partial charge on any atom is -0.482 e. The number of anilines is 1. The highest BCUT2D eigenvalue weighted by Gasteiger charge is 2.21. The fraction of sp³-hybridized carbons (Fsp3) is 0.417. The molecule has 1 aliphatic heterocycles. The Labute approximate surface area is 101 Å². The van der Waals surface area contributed by atoms with Gasteiger partial charge in [0.2, 0.25) is 0 Å². The number of carbonyl (C=O) groups excluding carboxylic acids is 1. The van der Waals surface area contributed by atoms with E-state index in [1.54, 1.807) is 11.9 Å². The smallest absolute Gasteiger partial charge is 0.264 e. The minimum atomic E-state index is -0.0159. The molecule has 5 nitrogen and oxygen atoms in total. The number of hydrogen-bond acceptors (Lipinski definition) is 4. The molecule has 92 valence electrons. The summed E-state index contributed by atoms with van der Waals surface area (Å²) < 4.78 is 5.36. The number of rotatable bonds is 4. The number of nitrogens with one attached hydrogen (secondary N) is 2. The van der Waals surface area contributed by atoms with Crippen LogP contribution >= 0.6 is 0 Å². The summed E-state index contributed by atoms with van der Waals surface area (Å²) in [5.41, 5.74) is 1.97. The van der Waals surface area contributed by atoms with Crippen molar-refractivity contribution in [3.63, 3.8) is 0 Å². The summed E-state index contributed by atoms with van der Waals surface area (Å²) in [6.07, 6.45) is 0. The van der Waals surface area contributed by atoms with Crippen molar-refractivity contribution in [2.24, 2.45) is 0 Å². The molecule has 1 aromatic carbocycles. The lowest BCUT2D eigenvalue weighted by Gasteiger charge is -2.26. The largest absolute Gasteiger partial charge is 0.482 e. The monoisotopic (exact) mass is 235 g/mol. The van der Waals surface area contributed by atoms with E-state index in [-0.39, 0.29) is 12.5 Å². The molecular formula is C12H17N3O2. The summed E-state index contributed by atoms with van der Waals surface area (Å²) in [5, 5.41) is 6.24. The Kier molecular flexibility index (Phi) is 3.61. The first-order chi connectivity index (χ1) is 8.22. The van der Waals surface area contributed by atoms with Crippen LogP contribution in [-0.2, 0) is 11.3 Å². The number of nitrogens with zero attached hydrogens (tertiary/aromatic N) is 1. The molecule has 0 saturated carbocycles. The highest BCUT2D eigenvalue weighted by molar-refractivity contribution is 5.97. The van der Waals surface area contributed by atoms with Gasteiger partial charge in [-0.15, -0.1) is 0 Å². The van der Waals surface area contributed by atoms with Gasteiger partial charge in [-0.05, 0) is 24.7 Å². The summed E-state index contributed by atoms with van der Waals surface area (Å²) in [5.74, 6) is 0.752. The molecule has 0 aliphatic carbocycles. The molecule has 0 spiro atoms. The van der Waals surface area contributed by atoms with Gasteiger partial charge in [0.1, 0.15) is 5.75 Å². The second-order valence-corrected chi connectivity index (χ2v) is 4.00. The average molecular weight is 235 g/mol. The molecule has 17 heavy (non-hydrogen) atoms. The van der Waals surface area contributed by atoms with E-state index in [4.69, 9.17) is 4.74 Å². The second-order valence-electron chi connectivity index (χ2n) is 4.00. The number of benzene rings is 1. The molecule has 0 saturated heterocycles. The molecule has 0 atom stereocenters. The molecule has 5 heteroatoms. The van der Waals surface area contributed by atoms with Gasteiger partial charge in [0.05, 0.1) is 5.69 Å². The van der Waals surface area contributed by atoms with Crippen molar-refractivity contribution in [1.82, 2.24) is 10.6 Å². The molecule has 2 N–H and O–H groups in total. The van der Waals surface area contributed by atoms with Crippen LogP contribution in [0.5, 0.6) is 5.75 Å². The van der Waals surface area contributed by atoms with Crippen LogP contribution in [-0.4, -0.2) is 33.3 Å². The van der Waals surface area contributed by atoms with Crippen LogP contribution in [0.4, 0.5) is 5.69 Å². The number of likely N-dealkylation sites (N-methyl/N-ethyl adjacent to an activating group) is 1. The topological polar surface area (TPSA) is 53.6 Å². The summed E-state index contributed by atoms with van der Waals surface area (Å²) in [6, 6.07) is 5.90. The average Bonchev–Trinajstić information content (AvgIpc) is 2.35. The maximum Gasteiger partial charge on any atom is 0.264 e. The van der Waals surface area contributed by atoms with Gasteiger partial charge < -0.3 is 20.3 Å². The van der Waals surface area contributed by atoms with Crippen molar-refractivity contribution in [3.8, 4) is 5.75 Å². The van der Waals surface area contributed by atoms with Gasteiger partial charge in [-0.3, -0.25) is 4.79 Å². The molecular weight excluding hydrogens is 218 g/mol. The highest BCUT2D eigenvalue weighted by Crippen LogP contribution is 2.31. The van der Waals surface area contributed by atoms with Crippen LogP contribution in [0.2, 0.25) is 0 Å². The van der Waals surface area contributed by atoms with Gasteiger partial charge in [-0.1, -0.05) is 6.07 Å². The fourth-order valence-corrected chi connectivity index (χ4v) is 1.76. The molecule has 1 heterocycles. The fourth-order valence-electron chi connectivity index (χ4n) is 1.76. The van der Waals surface area contributed by atoms with Gasteiger partial charge in [-0.2, -0.15) is 0 Å². The van der Waals surface area contributed by atoms with Crippen molar-refractivity contribution >= 4 is 11.6 Å². The van der Waals surface area contributed by atoms with Crippen LogP contribution in [0, 0.1) is 0 Å². The predicted molar refractivity (Wildman–Crippen MR) is 66.1 cm³/mol. The number of hydrogen-bond donors (Lipinski definition) is 2. The van der Waals surface area contributed by atoms with Gasteiger partial charge in [0.25, 0.3) is 5.91 Å². The van der Waals surface area contributed by atoms with Gasteiger partial charge in [0, 0.05) is 20.3 Å². The summed E-state index contributed by atoms with van der Waals surface area (Å²) in [7, 11) is 3.66. The van der Waals surface area contributed by atoms with Crippen molar-refractivity contribution in [1.29, 1.82) is 0 Å². The second kappa shape index (κ2) is 5.16. The van der Waals surface area contributed by atoms with Crippen molar-refractivity contribution < 1.29 is 9.53 Å². The van der Waals surface area contributed by atoms with E-state index in [0.29, 0.717) is 0 Å². The molecule has 0 aromatic heterocycles. The Morgan fingerprint density at radius 2 is 2.29 bits per heavy atom. The Hall–Kier alpha value is -1.59. The third-order valence-electron chi connectivity index (χ3n) is 2.74.